The quantitative estimate of drug-likeness (QED) is 0.690. The van der Waals surface area contributed by atoms with E-state index in [1.807, 2.05) is 0 Å². The summed E-state index contributed by atoms with van der Waals surface area (Å²) in [6.07, 6.45) is 0. The first-order valence-electron chi connectivity index (χ1n) is 5.61. The van der Waals surface area contributed by atoms with E-state index in [1.165, 1.54) is 12.1 Å². The lowest BCUT2D eigenvalue weighted by atomic mass is 10.2. The SMILES string of the molecule is Cc1cc(CNC(=O)c2ccc(Cl)c([N+](=O)[O-])c2)no1. The van der Waals surface area contributed by atoms with Crippen molar-refractivity contribution in [3.63, 3.8) is 0 Å². The van der Waals surface area contributed by atoms with Crippen molar-refractivity contribution in [2.75, 3.05) is 0 Å². The second kappa shape index (κ2) is 5.70. The van der Waals surface area contributed by atoms with Gasteiger partial charge < -0.3 is 9.84 Å². The summed E-state index contributed by atoms with van der Waals surface area (Å²) in [6.45, 7) is 1.91. The molecule has 0 spiro atoms. The van der Waals surface area contributed by atoms with Crippen molar-refractivity contribution in [3.05, 3.63) is 56.4 Å². The third-order valence-electron chi connectivity index (χ3n) is 2.51. The molecular weight excluding hydrogens is 286 g/mol. The first-order valence-corrected chi connectivity index (χ1v) is 5.99. The lowest BCUT2D eigenvalue weighted by Gasteiger charge is -2.03. The number of nitro groups is 1. The van der Waals surface area contributed by atoms with E-state index in [4.69, 9.17) is 16.1 Å². The smallest absolute Gasteiger partial charge is 0.288 e. The summed E-state index contributed by atoms with van der Waals surface area (Å²) in [7, 11) is 0. The predicted molar refractivity (Wildman–Crippen MR) is 70.5 cm³/mol. The predicted octanol–water partition coefficient (Wildman–Crippen LogP) is 2.47. The minimum absolute atomic E-state index is 0.0151. The van der Waals surface area contributed by atoms with Gasteiger partial charge in [-0.15, -0.1) is 0 Å². The van der Waals surface area contributed by atoms with Crippen molar-refractivity contribution in [2.45, 2.75) is 13.5 Å². The molecule has 1 aromatic carbocycles. The van der Waals surface area contributed by atoms with Crippen molar-refractivity contribution >= 4 is 23.2 Å². The van der Waals surface area contributed by atoms with Gasteiger partial charge in [0.2, 0.25) is 0 Å². The molecule has 20 heavy (non-hydrogen) atoms. The number of halogens is 1. The Labute approximate surface area is 118 Å². The summed E-state index contributed by atoms with van der Waals surface area (Å²) in [5.74, 6) is 0.182. The second-order valence-corrected chi connectivity index (χ2v) is 4.44. The molecule has 8 heteroatoms. The Balaban J connectivity index is 2.09. The average Bonchev–Trinajstić information content (AvgIpc) is 2.82. The molecule has 0 saturated heterocycles. The molecule has 0 fully saturated rings. The van der Waals surface area contributed by atoms with Gasteiger partial charge in [-0.3, -0.25) is 14.9 Å². The molecule has 104 valence electrons. The minimum Gasteiger partial charge on any atom is -0.361 e. The molecule has 2 rings (SSSR count). The van der Waals surface area contributed by atoms with Gasteiger partial charge in [-0.2, -0.15) is 0 Å². The molecule has 1 aromatic heterocycles. The van der Waals surface area contributed by atoms with Gasteiger partial charge in [-0.25, -0.2) is 0 Å². The normalized spacial score (nSPS) is 10.3. The molecule has 1 heterocycles. The van der Waals surface area contributed by atoms with Gasteiger partial charge >= 0.3 is 0 Å². The maximum Gasteiger partial charge on any atom is 0.288 e. The lowest BCUT2D eigenvalue weighted by molar-refractivity contribution is -0.384. The third-order valence-corrected chi connectivity index (χ3v) is 2.83. The van der Waals surface area contributed by atoms with Gasteiger partial charge in [0, 0.05) is 17.7 Å². The average molecular weight is 296 g/mol. The van der Waals surface area contributed by atoms with Crippen LogP contribution in [0.5, 0.6) is 0 Å². The maximum absolute atomic E-state index is 11.9. The Morgan fingerprint density at radius 1 is 1.50 bits per heavy atom. The van der Waals surface area contributed by atoms with E-state index in [0.717, 1.165) is 6.07 Å². The number of amides is 1. The number of hydrogen-bond acceptors (Lipinski definition) is 5. The number of benzene rings is 1. The van der Waals surface area contributed by atoms with E-state index in [1.54, 1.807) is 13.0 Å². The number of rotatable bonds is 4. The van der Waals surface area contributed by atoms with Crippen LogP contribution in [-0.2, 0) is 6.54 Å². The summed E-state index contributed by atoms with van der Waals surface area (Å²) in [6, 6.07) is 5.55. The molecule has 0 aliphatic rings. The molecule has 1 amide bonds. The second-order valence-electron chi connectivity index (χ2n) is 4.03. The van der Waals surface area contributed by atoms with Crippen LogP contribution in [0.15, 0.2) is 28.8 Å². The molecule has 1 N–H and O–H groups in total. The molecule has 0 radical (unpaired) electrons. The van der Waals surface area contributed by atoms with Gasteiger partial charge in [0.15, 0.2) is 0 Å². The van der Waals surface area contributed by atoms with E-state index >= 15 is 0 Å². The van der Waals surface area contributed by atoms with E-state index in [9.17, 15) is 14.9 Å². The molecule has 7 nitrogen and oxygen atoms in total. The van der Waals surface area contributed by atoms with Crippen molar-refractivity contribution < 1.29 is 14.2 Å². The number of carbonyl (C=O) groups is 1. The zero-order valence-electron chi connectivity index (χ0n) is 10.4. The van der Waals surface area contributed by atoms with E-state index in [2.05, 4.69) is 10.5 Å². The summed E-state index contributed by atoms with van der Waals surface area (Å²) in [5.41, 5.74) is 0.414. The number of aromatic nitrogens is 1. The summed E-state index contributed by atoms with van der Waals surface area (Å²) in [5, 5.41) is 17.0. The van der Waals surface area contributed by atoms with Crippen LogP contribution in [0, 0.1) is 17.0 Å². The molecule has 0 atom stereocenters. The van der Waals surface area contributed by atoms with Crippen LogP contribution in [0.3, 0.4) is 0 Å². The van der Waals surface area contributed by atoms with E-state index in [0.29, 0.717) is 11.5 Å². The van der Waals surface area contributed by atoms with Crippen molar-refractivity contribution in [3.8, 4) is 0 Å². The van der Waals surface area contributed by atoms with E-state index < -0.39 is 10.8 Å². The molecule has 0 unspecified atom stereocenters. The standard InChI is InChI=1S/C12H10ClN3O4/c1-7-4-9(15-20-7)6-14-12(17)8-2-3-10(13)11(5-8)16(18)19/h2-5H,6H2,1H3,(H,14,17). The highest BCUT2D eigenvalue weighted by molar-refractivity contribution is 6.32. The van der Waals surface area contributed by atoms with Gasteiger partial charge in [-0.1, -0.05) is 16.8 Å². The maximum atomic E-state index is 11.9. The number of nitrogens with zero attached hydrogens (tertiary/aromatic N) is 2. The molecular formula is C12H10ClN3O4. The van der Waals surface area contributed by atoms with Crippen LogP contribution in [0.25, 0.3) is 0 Å². The largest absolute Gasteiger partial charge is 0.361 e. The fourth-order valence-corrected chi connectivity index (χ4v) is 1.75. The molecule has 0 aliphatic carbocycles. The van der Waals surface area contributed by atoms with Gasteiger partial charge in [0.25, 0.3) is 11.6 Å². The number of nitrogens with one attached hydrogen (secondary N) is 1. The third kappa shape index (κ3) is 3.12. The zero-order valence-corrected chi connectivity index (χ0v) is 11.2. The summed E-state index contributed by atoms with van der Waals surface area (Å²) < 4.78 is 4.86. The Hall–Kier alpha value is -2.41. The molecule has 0 bridgehead atoms. The van der Waals surface area contributed by atoms with Gasteiger partial charge in [0.1, 0.15) is 16.5 Å². The monoisotopic (exact) mass is 295 g/mol. The van der Waals surface area contributed by atoms with Crippen LogP contribution in [0.2, 0.25) is 5.02 Å². The highest BCUT2D eigenvalue weighted by Crippen LogP contribution is 2.24. The van der Waals surface area contributed by atoms with Crippen LogP contribution in [0.1, 0.15) is 21.8 Å². The molecule has 0 aliphatic heterocycles. The number of hydrogen-bond donors (Lipinski definition) is 1. The van der Waals surface area contributed by atoms with Gasteiger partial charge in [0.05, 0.1) is 11.5 Å². The number of aryl methyl sites for hydroxylation is 1. The van der Waals surface area contributed by atoms with Crippen molar-refractivity contribution in [1.82, 2.24) is 10.5 Å². The Kier molecular flexibility index (Phi) is 3.99. The minimum atomic E-state index is -0.639. The van der Waals surface area contributed by atoms with E-state index in [-0.39, 0.29) is 22.8 Å². The van der Waals surface area contributed by atoms with Crippen LogP contribution in [0.4, 0.5) is 5.69 Å². The Bertz CT molecular complexity index is 668. The van der Waals surface area contributed by atoms with Gasteiger partial charge in [-0.05, 0) is 19.1 Å². The van der Waals surface area contributed by atoms with Crippen LogP contribution < -0.4 is 5.32 Å². The first kappa shape index (κ1) is 14.0. The fraction of sp³-hybridized carbons (Fsp3) is 0.167. The fourth-order valence-electron chi connectivity index (χ4n) is 1.57. The van der Waals surface area contributed by atoms with Crippen LogP contribution in [-0.4, -0.2) is 16.0 Å². The first-order chi connectivity index (χ1) is 9.47. The zero-order chi connectivity index (χ0) is 14.7. The highest BCUT2D eigenvalue weighted by Gasteiger charge is 2.16. The number of carbonyl (C=O) groups excluding carboxylic acids is 1. The van der Waals surface area contributed by atoms with Crippen molar-refractivity contribution in [1.29, 1.82) is 0 Å². The Morgan fingerprint density at radius 2 is 2.25 bits per heavy atom. The van der Waals surface area contributed by atoms with Crippen LogP contribution >= 0.6 is 11.6 Å². The molecule has 2 aromatic rings. The topological polar surface area (TPSA) is 98.3 Å². The lowest BCUT2D eigenvalue weighted by Crippen LogP contribution is -2.23. The highest BCUT2D eigenvalue weighted by atomic mass is 35.5. The summed E-state index contributed by atoms with van der Waals surface area (Å²) in [4.78, 5) is 22.0. The summed E-state index contributed by atoms with van der Waals surface area (Å²) >= 11 is 5.68. The Morgan fingerprint density at radius 3 is 2.85 bits per heavy atom. The number of nitro benzene ring substituents is 1. The van der Waals surface area contributed by atoms with Crippen molar-refractivity contribution in [2.24, 2.45) is 0 Å². The molecule has 0 saturated carbocycles.